The molecule has 0 aliphatic heterocycles. The minimum absolute atomic E-state index is 0.0630. The van der Waals surface area contributed by atoms with Crippen LogP contribution in [0.2, 0.25) is 0 Å². The number of hydrogen-bond donors (Lipinski definition) is 3. The van der Waals surface area contributed by atoms with E-state index in [9.17, 15) is 4.79 Å². The van der Waals surface area contributed by atoms with E-state index in [1.807, 2.05) is 24.6 Å². The van der Waals surface area contributed by atoms with Crippen LogP contribution in [0.1, 0.15) is 30.5 Å². The van der Waals surface area contributed by atoms with Gasteiger partial charge in [-0.15, -0.1) is 0 Å². The number of guanidine groups is 1. The average molecular weight is 360 g/mol. The molecule has 0 bridgehead atoms. The minimum atomic E-state index is -0.152. The largest absolute Gasteiger partial charge is 0.467 e. The molecule has 8 nitrogen and oxygen atoms in total. The fraction of sp³-hybridized carbons (Fsp3) is 0.500. The molecular formula is C18H28N6O2. The van der Waals surface area contributed by atoms with Crippen molar-refractivity contribution in [2.75, 3.05) is 19.6 Å². The molecule has 2 rings (SSSR count). The van der Waals surface area contributed by atoms with Crippen LogP contribution in [0, 0.1) is 13.8 Å². The van der Waals surface area contributed by atoms with Gasteiger partial charge in [-0.05, 0) is 45.4 Å². The second-order valence-electron chi connectivity index (χ2n) is 5.98. The Bertz CT molecular complexity index is 705. The van der Waals surface area contributed by atoms with E-state index in [-0.39, 0.29) is 12.5 Å². The maximum atomic E-state index is 11.9. The second-order valence-corrected chi connectivity index (χ2v) is 5.98. The molecule has 0 aliphatic rings. The molecule has 3 N–H and O–H groups in total. The second kappa shape index (κ2) is 10.3. The molecule has 142 valence electrons. The van der Waals surface area contributed by atoms with E-state index in [4.69, 9.17) is 4.42 Å². The summed E-state index contributed by atoms with van der Waals surface area (Å²) in [6.07, 6.45) is 2.50. The molecule has 26 heavy (non-hydrogen) atoms. The maximum absolute atomic E-state index is 11.9. The van der Waals surface area contributed by atoms with Crippen LogP contribution < -0.4 is 16.0 Å². The van der Waals surface area contributed by atoms with E-state index in [1.54, 1.807) is 12.3 Å². The number of aliphatic imine (C=N–C) groups is 1. The van der Waals surface area contributed by atoms with Crippen molar-refractivity contribution in [3.63, 3.8) is 0 Å². The first kappa shape index (κ1) is 19.6. The van der Waals surface area contributed by atoms with Gasteiger partial charge < -0.3 is 20.4 Å². The van der Waals surface area contributed by atoms with Gasteiger partial charge in [-0.2, -0.15) is 5.10 Å². The topological polar surface area (TPSA) is 96.5 Å². The molecule has 0 unspecified atom stereocenters. The predicted octanol–water partition coefficient (Wildman–Crippen LogP) is 1.35. The first-order chi connectivity index (χ1) is 12.6. The van der Waals surface area contributed by atoms with Crippen molar-refractivity contribution in [1.82, 2.24) is 25.7 Å². The number of carbonyl (C=O) groups is 1. The number of rotatable bonds is 9. The Morgan fingerprint density at radius 3 is 2.81 bits per heavy atom. The third-order valence-electron chi connectivity index (χ3n) is 3.71. The van der Waals surface area contributed by atoms with Crippen LogP contribution in [-0.2, 0) is 17.9 Å². The summed E-state index contributed by atoms with van der Waals surface area (Å²) in [7, 11) is 0. The smallest absolute Gasteiger partial charge is 0.242 e. The van der Waals surface area contributed by atoms with Gasteiger partial charge in [0.15, 0.2) is 5.96 Å². The highest BCUT2D eigenvalue weighted by atomic mass is 16.3. The van der Waals surface area contributed by atoms with Gasteiger partial charge in [0.1, 0.15) is 12.3 Å². The third-order valence-corrected chi connectivity index (χ3v) is 3.71. The van der Waals surface area contributed by atoms with Crippen LogP contribution in [-0.4, -0.2) is 41.3 Å². The Kier molecular flexibility index (Phi) is 7.73. The Morgan fingerprint density at radius 1 is 1.31 bits per heavy atom. The number of nitrogens with zero attached hydrogens (tertiary/aromatic N) is 3. The van der Waals surface area contributed by atoms with Gasteiger partial charge in [0.2, 0.25) is 5.91 Å². The number of hydrogen-bond acceptors (Lipinski definition) is 4. The minimum Gasteiger partial charge on any atom is -0.467 e. The molecule has 0 aliphatic carbocycles. The van der Waals surface area contributed by atoms with E-state index in [0.29, 0.717) is 12.5 Å². The molecule has 1 amide bonds. The summed E-state index contributed by atoms with van der Waals surface area (Å²) in [5, 5.41) is 13.6. The van der Waals surface area contributed by atoms with Crippen molar-refractivity contribution < 1.29 is 9.21 Å². The van der Waals surface area contributed by atoms with E-state index in [1.165, 1.54) is 0 Å². The van der Waals surface area contributed by atoms with Crippen LogP contribution >= 0.6 is 0 Å². The molecule has 2 heterocycles. The molecule has 0 atom stereocenters. The summed E-state index contributed by atoms with van der Waals surface area (Å²) in [4.78, 5) is 16.2. The molecule has 0 saturated heterocycles. The summed E-state index contributed by atoms with van der Waals surface area (Å²) in [6.45, 7) is 8.80. The molecule has 0 radical (unpaired) electrons. The number of aromatic nitrogens is 2. The van der Waals surface area contributed by atoms with Crippen molar-refractivity contribution >= 4 is 11.9 Å². The molecule has 0 spiro atoms. The summed E-state index contributed by atoms with van der Waals surface area (Å²) >= 11 is 0. The molecule has 0 aromatic carbocycles. The average Bonchev–Trinajstić information content (AvgIpc) is 3.24. The lowest BCUT2D eigenvalue weighted by Crippen LogP contribution is -2.39. The lowest BCUT2D eigenvalue weighted by atomic mass is 10.4. The number of carbonyl (C=O) groups excluding carboxylic acids is 1. The molecule has 0 saturated carbocycles. The summed E-state index contributed by atoms with van der Waals surface area (Å²) in [6, 6.07) is 5.68. The fourth-order valence-electron chi connectivity index (χ4n) is 2.48. The van der Waals surface area contributed by atoms with Gasteiger partial charge in [-0.25, -0.2) is 4.99 Å². The van der Waals surface area contributed by atoms with Gasteiger partial charge in [0, 0.05) is 25.3 Å². The van der Waals surface area contributed by atoms with Crippen molar-refractivity contribution in [3.8, 4) is 0 Å². The number of aryl methyl sites for hydroxylation is 3. The van der Waals surface area contributed by atoms with E-state index >= 15 is 0 Å². The highest BCUT2D eigenvalue weighted by Gasteiger charge is 2.04. The van der Waals surface area contributed by atoms with Crippen LogP contribution in [0.15, 0.2) is 33.9 Å². The Balaban J connectivity index is 1.71. The van der Waals surface area contributed by atoms with Gasteiger partial charge in [0.05, 0.1) is 18.5 Å². The van der Waals surface area contributed by atoms with Gasteiger partial charge in [0.25, 0.3) is 0 Å². The van der Waals surface area contributed by atoms with Crippen molar-refractivity contribution in [2.45, 2.75) is 40.3 Å². The number of nitrogens with one attached hydrogen (secondary N) is 3. The van der Waals surface area contributed by atoms with Crippen LogP contribution in [0.3, 0.4) is 0 Å². The molecule has 8 heteroatoms. The summed E-state index contributed by atoms with van der Waals surface area (Å²) in [5.74, 6) is 1.20. The summed E-state index contributed by atoms with van der Waals surface area (Å²) < 4.78 is 7.18. The van der Waals surface area contributed by atoms with E-state index in [0.717, 1.165) is 43.2 Å². The Labute approximate surface area is 154 Å². The van der Waals surface area contributed by atoms with Gasteiger partial charge in [-0.1, -0.05) is 0 Å². The zero-order valence-electron chi connectivity index (χ0n) is 15.7. The standard InChI is InChI=1S/C18H28N6O2/c1-4-19-18(20-8-6-9-24-15(3)11-14(2)23-24)22-13-17(25)21-12-16-7-5-10-26-16/h5,7,10-11H,4,6,8-9,12-13H2,1-3H3,(H,21,25)(H2,19,20,22). The van der Waals surface area contributed by atoms with Gasteiger partial charge in [-0.3, -0.25) is 9.48 Å². The lowest BCUT2D eigenvalue weighted by molar-refractivity contribution is -0.119. The van der Waals surface area contributed by atoms with Crippen molar-refractivity contribution in [1.29, 1.82) is 0 Å². The van der Waals surface area contributed by atoms with E-state index in [2.05, 4.69) is 39.0 Å². The zero-order chi connectivity index (χ0) is 18.8. The molecule has 2 aromatic heterocycles. The van der Waals surface area contributed by atoms with Gasteiger partial charge >= 0.3 is 0 Å². The summed E-state index contributed by atoms with van der Waals surface area (Å²) in [5.41, 5.74) is 2.20. The first-order valence-corrected chi connectivity index (χ1v) is 8.90. The van der Waals surface area contributed by atoms with Crippen LogP contribution in [0.5, 0.6) is 0 Å². The SMILES string of the molecule is CCNC(=NCC(=O)NCc1ccco1)NCCCn1nc(C)cc1C. The van der Waals surface area contributed by atoms with E-state index < -0.39 is 0 Å². The molecule has 0 fully saturated rings. The predicted molar refractivity (Wildman–Crippen MR) is 101 cm³/mol. The highest BCUT2D eigenvalue weighted by Crippen LogP contribution is 2.02. The Hall–Kier alpha value is -2.77. The lowest BCUT2D eigenvalue weighted by Gasteiger charge is -2.11. The maximum Gasteiger partial charge on any atom is 0.242 e. The quantitative estimate of drug-likeness (QED) is 0.356. The molecular weight excluding hydrogens is 332 g/mol. The monoisotopic (exact) mass is 360 g/mol. The first-order valence-electron chi connectivity index (χ1n) is 8.90. The van der Waals surface area contributed by atoms with Crippen LogP contribution in [0.4, 0.5) is 0 Å². The number of amides is 1. The van der Waals surface area contributed by atoms with Crippen LogP contribution in [0.25, 0.3) is 0 Å². The van der Waals surface area contributed by atoms with Crippen molar-refractivity contribution in [2.24, 2.45) is 4.99 Å². The normalized spacial score (nSPS) is 11.4. The zero-order valence-corrected chi connectivity index (χ0v) is 15.7. The fourth-order valence-corrected chi connectivity index (χ4v) is 2.48. The highest BCUT2D eigenvalue weighted by molar-refractivity contribution is 5.84. The third kappa shape index (κ3) is 6.62. The van der Waals surface area contributed by atoms with Crippen molar-refractivity contribution in [3.05, 3.63) is 41.6 Å². The Morgan fingerprint density at radius 2 is 2.15 bits per heavy atom. The number of furan rings is 1. The molecule has 2 aromatic rings.